The highest BCUT2D eigenvalue weighted by Crippen LogP contribution is 2.58. The Morgan fingerprint density at radius 2 is 1.92 bits per heavy atom. The summed E-state index contributed by atoms with van der Waals surface area (Å²) < 4.78 is 75.8. The number of pyridine rings is 1. The molecule has 0 bridgehead atoms. The topological polar surface area (TPSA) is 102 Å². The second-order valence-corrected chi connectivity index (χ2v) is 9.60. The van der Waals surface area contributed by atoms with Gasteiger partial charge in [-0.1, -0.05) is 0 Å². The lowest BCUT2D eigenvalue weighted by Gasteiger charge is -2.16. The molecule has 6 rings (SSSR count). The van der Waals surface area contributed by atoms with Crippen LogP contribution in [0.4, 0.5) is 27.6 Å². The van der Waals surface area contributed by atoms with Crippen molar-refractivity contribution in [1.82, 2.24) is 20.1 Å². The number of piperidine rings is 1. The lowest BCUT2D eigenvalue weighted by molar-refractivity contribution is -0.275. The van der Waals surface area contributed by atoms with Crippen molar-refractivity contribution in [3.8, 4) is 23.1 Å². The molecule has 36 heavy (non-hydrogen) atoms. The number of aryl methyl sites for hydroxylation is 1. The Labute approximate surface area is 202 Å². The summed E-state index contributed by atoms with van der Waals surface area (Å²) in [5.74, 6) is -2.66. The van der Waals surface area contributed by atoms with Gasteiger partial charge in [0.2, 0.25) is 0 Å². The lowest BCUT2D eigenvalue weighted by atomic mass is 10.0. The van der Waals surface area contributed by atoms with E-state index in [2.05, 4.69) is 15.0 Å². The van der Waals surface area contributed by atoms with E-state index < -0.39 is 35.0 Å². The standard InChI is InChI=1S/C24H21F5N6O/c25-15-7-10(31)6-12(23(15)36-24(27,28)29)20-19(26)22-18(16(33-20)2-1-5-30)21(34-35(22)11-3-4-11)17-13-8-32-9-14(13)17/h6-7,11,13-14,17,32H,1-4,8-9,31H2/t13-,14+,17?. The minimum Gasteiger partial charge on any atom is -0.402 e. The molecule has 3 aliphatic rings. The number of fused-ring (bicyclic) bond motifs is 2. The van der Waals surface area contributed by atoms with E-state index >= 15 is 4.39 Å². The van der Waals surface area contributed by atoms with E-state index in [0.717, 1.165) is 32.0 Å². The molecule has 3 atom stereocenters. The third-order valence-corrected chi connectivity index (χ3v) is 7.20. The van der Waals surface area contributed by atoms with Gasteiger partial charge in [0.15, 0.2) is 17.4 Å². The third kappa shape index (κ3) is 3.73. The molecule has 1 aliphatic heterocycles. The monoisotopic (exact) mass is 504 g/mol. The molecule has 1 aromatic carbocycles. The molecule has 3 aromatic rings. The van der Waals surface area contributed by atoms with E-state index in [1.54, 1.807) is 4.68 Å². The fourth-order valence-corrected chi connectivity index (χ4v) is 5.48. The van der Waals surface area contributed by atoms with Crippen LogP contribution in [0.1, 0.15) is 42.6 Å². The van der Waals surface area contributed by atoms with Gasteiger partial charge in [0, 0.05) is 35.9 Å². The first-order valence-electron chi connectivity index (χ1n) is 11.7. The summed E-state index contributed by atoms with van der Waals surface area (Å²) in [6.07, 6.45) is -3.47. The zero-order chi connectivity index (χ0) is 25.4. The van der Waals surface area contributed by atoms with Crippen molar-refractivity contribution in [2.24, 2.45) is 11.8 Å². The molecule has 0 amide bonds. The van der Waals surface area contributed by atoms with Gasteiger partial charge in [-0.15, -0.1) is 13.2 Å². The SMILES string of the molecule is N#CCCc1nc(-c2cc(N)cc(F)c2OC(F)(F)F)c(F)c2c1c(C1[C@H]3CNC[C@@H]13)nn2C1CC1. The van der Waals surface area contributed by atoms with Crippen LogP contribution in [0.2, 0.25) is 0 Å². The molecular formula is C24H21F5N6O. The molecule has 1 unspecified atom stereocenters. The van der Waals surface area contributed by atoms with E-state index in [9.17, 15) is 22.8 Å². The molecule has 0 radical (unpaired) electrons. The molecule has 7 nitrogen and oxygen atoms in total. The molecular weight excluding hydrogens is 483 g/mol. The van der Waals surface area contributed by atoms with Crippen molar-refractivity contribution < 1.29 is 26.7 Å². The third-order valence-electron chi connectivity index (χ3n) is 7.20. The van der Waals surface area contributed by atoms with Gasteiger partial charge in [-0.3, -0.25) is 4.68 Å². The highest BCUT2D eigenvalue weighted by atomic mass is 19.4. The van der Waals surface area contributed by atoms with Gasteiger partial charge in [-0.05, 0) is 43.8 Å². The number of nitriles is 1. The number of halogens is 5. The van der Waals surface area contributed by atoms with Gasteiger partial charge in [-0.25, -0.2) is 13.8 Å². The van der Waals surface area contributed by atoms with Gasteiger partial charge in [0.1, 0.15) is 11.2 Å². The van der Waals surface area contributed by atoms with Crippen LogP contribution in [0.5, 0.6) is 5.75 Å². The van der Waals surface area contributed by atoms with Crippen LogP contribution >= 0.6 is 0 Å². The van der Waals surface area contributed by atoms with Gasteiger partial charge >= 0.3 is 6.36 Å². The lowest BCUT2D eigenvalue weighted by Crippen LogP contribution is -2.19. The van der Waals surface area contributed by atoms with Crippen LogP contribution in [0.15, 0.2) is 12.1 Å². The summed E-state index contributed by atoms with van der Waals surface area (Å²) in [6.45, 7) is 1.66. The zero-order valence-electron chi connectivity index (χ0n) is 18.9. The van der Waals surface area contributed by atoms with Crippen LogP contribution in [0.3, 0.4) is 0 Å². The molecule has 12 heteroatoms. The first kappa shape index (κ1) is 23.0. The summed E-state index contributed by atoms with van der Waals surface area (Å²) in [5.41, 5.74) is 5.58. The molecule has 2 saturated carbocycles. The Balaban J connectivity index is 1.61. The van der Waals surface area contributed by atoms with Crippen molar-refractivity contribution in [2.75, 3.05) is 18.8 Å². The van der Waals surface area contributed by atoms with Crippen LogP contribution in [-0.4, -0.2) is 34.2 Å². The smallest absolute Gasteiger partial charge is 0.402 e. The molecule has 3 fully saturated rings. The van der Waals surface area contributed by atoms with Crippen molar-refractivity contribution in [3.05, 3.63) is 35.2 Å². The Morgan fingerprint density at radius 3 is 2.56 bits per heavy atom. The number of alkyl halides is 3. The normalized spacial score (nSPS) is 23.1. The summed E-state index contributed by atoms with van der Waals surface area (Å²) in [4.78, 5) is 4.37. The average Bonchev–Trinajstić information content (AvgIpc) is 3.68. The number of anilines is 1. The number of nitrogens with two attached hydrogens (primary N) is 1. The Bertz CT molecular complexity index is 1410. The number of hydrogen-bond acceptors (Lipinski definition) is 6. The van der Waals surface area contributed by atoms with Gasteiger partial charge in [0.05, 0.1) is 29.1 Å². The maximum Gasteiger partial charge on any atom is 0.573 e. The van der Waals surface area contributed by atoms with Crippen LogP contribution in [-0.2, 0) is 6.42 Å². The number of nitrogen functional groups attached to an aromatic ring is 1. The van der Waals surface area contributed by atoms with Crippen molar-refractivity contribution >= 4 is 16.6 Å². The highest BCUT2D eigenvalue weighted by Gasteiger charge is 2.56. The number of benzene rings is 1. The number of hydrogen-bond donors (Lipinski definition) is 2. The maximum absolute atomic E-state index is 16.3. The second-order valence-electron chi connectivity index (χ2n) is 9.60. The van der Waals surface area contributed by atoms with Crippen LogP contribution in [0, 0.1) is 34.8 Å². The Kier molecular flexibility index (Phi) is 5.12. The summed E-state index contributed by atoms with van der Waals surface area (Å²) >= 11 is 0. The van der Waals surface area contributed by atoms with Gasteiger partial charge in [0.25, 0.3) is 0 Å². The predicted octanol–water partition coefficient (Wildman–Crippen LogP) is 4.58. The van der Waals surface area contributed by atoms with Gasteiger partial charge in [-0.2, -0.15) is 10.4 Å². The van der Waals surface area contributed by atoms with E-state index in [1.165, 1.54) is 0 Å². The number of nitrogens with zero attached hydrogens (tertiary/aromatic N) is 4. The average molecular weight is 504 g/mol. The Morgan fingerprint density at radius 1 is 1.19 bits per heavy atom. The van der Waals surface area contributed by atoms with E-state index in [-0.39, 0.29) is 36.0 Å². The second kappa shape index (κ2) is 8.03. The zero-order valence-corrected chi connectivity index (χ0v) is 18.9. The number of aromatic nitrogens is 3. The molecule has 2 aliphatic carbocycles. The summed E-state index contributed by atoms with van der Waals surface area (Å²) in [6, 6.07) is 3.67. The van der Waals surface area contributed by atoms with Crippen LogP contribution < -0.4 is 15.8 Å². The minimum absolute atomic E-state index is 0.0463. The molecule has 188 valence electrons. The largest absolute Gasteiger partial charge is 0.573 e. The van der Waals surface area contributed by atoms with Crippen molar-refractivity contribution in [2.45, 2.75) is 44.0 Å². The van der Waals surface area contributed by atoms with Gasteiger partial charge < -0.3 is 15.8 Å². The van der Waals surface area contributed by atoms with E-state index in [4.69, 9.17) is 10.8 Å². The quantitative estimate of drug-likeness (QED) is 0.377. The fraction of sp³-hybridized carbons (Fsp3) is 0.458. The first-order valence-corrected chi connectivity index (χ1v) is 11.7. The van der Waals surface area contributed by atoms with Crippen LogP contribution in [0.25, 0.3) is 22.2 Å². The first-order chi connectivity index (χ1) is 17.2. The van der Waals surface area contributed by atoms with E-state index in [0.29, 0.717) is 34.7 Å². The Hall–Kier alpha value is -3.46. The number of ether oxygens (including phenoxy) is 1. The fourth-order valence-electron chi connectivity index (χ4n) is 5.48. The maximum atomic E-state index is 16.3. The van der Waals surface area contributed by atoms with Crippen molar-refractivity contribution in [1.29, 1.82) is 5.26 Å². The summed E-state index contributed by atoms with van der Waals surface area (Å²) in [5, 5.41) is 17.8. The predicted molar refractivity (Wildman–Crippen MR) is 119 cm³/mol. The number of nitrogens with one attached hydrogen (secondary N) is 1. The molecule has 0 spiro atoms. The molecule has 2 aromatic heterocycles. The number of rotatable bonds is 6. The molecule has 1 saturated heterocycles. The molecule has 3 N–H and O–H groups in total. The molecule has 3 heterocycles. The van der Waals surface area contributed by atoms with E-state index in [1.807, 2.05) is 6.07 Å². The minimum atomic E-state index is -5.23. The van der Waals surface area contributed by atoms with Crippen molar-refractivity contribution in [3.63, 3.8) is 0 Å². The highest BCUT2D eigenvalue weighted by molar-refractivity contribution is 5.90. The summed E-state index contributed by atoms with van der Waals surface area (Å²) in [7, 11) is 0.